The Morgan fingerprint density at radius 1 is 1.25 bits per heavy atom. The Balaban J connectivity index is 1.39. The number of amides is 1. The van der Waals surface area contributed by atoms with E-state index in [4.69, 9.17) is 5.11 Å². The molecule has 138 valence electrons. The van der Waals surface area contributed by atoms with Crippen molar-refractivity contribution in [1.82, 2.24) is 14.5 Å². The first-order chi connectivity index (χ1) is 11.3. The highest BCUT2D eigenvalue weighted by Crippen LogP contribution is 2.44. The number of rotatable bonds is 5. The summed E-state index contributed by atoms with van der Waals surface area (Å²) >= 11 is 0. The van der Waals surface area contributed by atoms with Gasteiger partial charge >= 0.3 is 6.09 Å². The van der Waals surface area contributed by atoms with Gasteiger partial charge in [-0.1, -0.05) is 0 Å². The Morgan fingerprint density at radius 2 is 1.92 bits per heavy atom. The first-order valence-corrected chi connectivity index (χ1v) is 10.7. The summed E-state index contributed by atoms with van der Waals surface area (Å²) in [6.07, 6.45) is 4.22. The van der Waals surface area contributed by atoms with Crippen LogP contribution < -0.4 is 4.72 Å². The molecular formula is C16H29N3O4S. The van der Waals surface area contributed by atoms with E-state index >= 15 is 0 Å². The lowest BCUT2D eigenvalue weighted by molar-refractivity contribution is -0.0392. The summed E-state index contributed by atoms with van der Waals surface area (Å²) in [5, 5.41) is 9.02. The van der Waals surface area contributed by atoms with Crippen LogP contribution in [0.15, 0.2) is 0 Å². The standard InChI is InChI=1S/C16H29N3O4S/c1-2-24(22,23)17-14-3-6-16(7-4-14)11-18(12-16)9-13-5-8-19(10-13)15(20)21/h13-14,17H,2-12H2,1H3,(H,20,21). The van der Waals surface area contributed by atoms with Crippen molar-refractivity contribution in [2.24, 2.45) is 11.3 Å². The van der Waals surface area contributed by atoms with Crippen LogP contribution in [0.4, 0.5) is 4.79 Å². The van der Waals surface area contributed by atoms with Gasteiger partial charge in [0.15, 0.2) is 0 Å². The molecule has 1 aliphatic carbocycles. The van der Waals surface area contributed by atoms with Gasteiger partial charge in [0.25, 0.3) is 0 Å². The molecule has 0 radical (unpaired) electrons. The van der Waals surface area contributed by atoms with E-state index in [2.05, 4.69) is 9.62 Å². The Morgan fingerprint density at radius 3 is 2.46 bits per heavy atom. The van der Waals surface area contributed by atoms with Crippen molar-refractivity contribution < 1.29 is 18.3 Å². The summed E-state index contributed by atoms with van der Waals surface area (Å²) in [6.45, 7) is 6.17. The Labute approximate surface area is 144 Å². The maximum Gasteiger partial charge on any atom is 0.407 e. The minimum atomic E-state index is -3.10. The quantitative estimate of drug-likeness (QED) is 0.769. The van der Waals surface area contributed by atoms with Gasteiger partial charge in [0.2, 0.25) is 10.0 Å². The molecule has 3 aliphatic rings. The fourth-order valence-corrected chi connectivity index (χ4v) is 5.46. The lowest BCUT2D eigenvalue weighted by atomic mass is 9.67. The van der Waals surface area contributed by atoms with Crippen LogP contribution in [0.25, 0.3) is 0 Å². The zero-order chi connectivity index (χ0) is 17.4. The minimum Gasteiger partial charge on any atom is -0.465 e. The molecule has 1 amide bonds. The summed E-state index contributed by atoms with van der Waals surface area (Å²) in [4.78, 5) is 14.9. The van der Waals surface area contributed by atoms with Gasteiger partial charge in [-0.2, -0.15) is 0 Å². The molecule has 1 unspecified atom stereocenters. The molecule has 2 aliphatic heterocycles. The van der Waals surface area contributed by atoms with Crippen LogP contribution in [-0.2, 0) is 10.0 Å². The van der Waals surface area contributed by atoms with Crippen LogP contribution >= 0.6 is 0 Å². The lowest BCUT2D eigenvalue weighted by Gasteiger charge is -2.54. The maximum absolute atomic E-state index is 11.7. The van der Waals surface area contributed by atoms with Crippen LogP contribution in [-0.4, -0.2) is 73.9 Å². The smallest absolute Gasteiger partial charge is 0.407 e. The van der Waals surface area contributed by atoms with E-state index in [-0.39, 0.29) is 11.8 Å². The van der Waals surface area contributed by atoms with Crippen LogP contribution in [0.5, 0.6) is 0 Å². The van der Waals surface area contributed by atoms with Crippen molar-refractivity contribution in [2.45, 2.75) is 45.1 Å². The predicted molar refractivity (Wildman–Crippen MR) is 91.4 cm³/mol. The molecule has 2 N–H and O–H groups in total. The van der Waals surface area contributed by atoms with Gasteiger partial charge in [0.1, 0.15) is 0 Å². The number of nitrogens with zero attached hydrogens (tertiary/aromatic N) is 2. The fourth-order valence-electron chi connectivity index (χ4n) is 4.55. The summed E-state index contributed by atoms with van der Waals surface area (Å²) in [7, 11) is -3.10. The highest BCUT2D eigenvalue weighted by molar-refractivity contribution is 7.89. The second kappa shape index (κ2) is 6.80. The summed E-state index contributed by atoms with van der Waals surface area (Å²) < 4.78 is 26.1. The number of hydrogen-bond acceptors (Lipinski definition) is 4. The third-order valence-corrected chi connectivity index (χ3v) is 7.42. The summed E-state index contributed by atoms with van der Waals surface area (Å²) in [6, 6.07) is 0.105. The van der Waals surface area contributed by atoms with Crippen molar-refractivity contribution in [1.29, 1.82) is 0 Å². The van der Waals surface area contributed by atoms with E-state index in [1.54, 1.807) is 6.92 Å². The first-order valence-electron chi connectivity index (χ1n) is 9.01. The zero-order valence-electron chi connectivity index (χ0n) is 14.4. The van der Waals surface area contributed by atoms with Gasteiger partial charge in [-0.25, -0.2) is 17.9 Å². The molecule has 1 spiro atoms. The number of carboxylic acid groups (broad SMARTS) is 1. The van der Waals surface area contributed by atoms with Gasteiger partial charge in [-0.15, -0.1) is 0 Å². The third kappa shape index (κ3) is 4.03. The molecule has 2 saturated heterocycles. The molecule has 0 aromatic carbocycles. The molecule has 3 fully saturated rings. The van der Waals surface area contributed by atoms with Crippen molar-refractivity contribution in [2.75, 3.05) is 38.5 Å². The number of likely N-dealkylation sites (tertiary alicyclic amines) is 2. The highest BCUT2D eigenvalue weighted by atomic mass is 32.2. The van der Waals surface area contributed by atoms with Crippen molar-refractivity contribution in [3.8, 4) is 0 Å². The Bertz CT molecular complexity index is 564. The first kappa shape index (κ1) is 17.9. The summed E-state index contributed by atoms with van der Waals surface area (Å²) in [5.41, 5.74) is 0.374. The van der Waals surface area contributed by atoms with E-state index < -0.39 is 16.1 Å². The topological polar surface area (TPSA) is 90.0 Å². The van der Waals surface area contributed by atoms with E-state index in [1.165, 1.54) is 4.90 Å². The maximum atomic E-state index is 11.7. The largest absolute Gasteiger partial charge is 0.465 e. The summed E-state index contributed by atoms with van der Waals surface area (Å²) in [5.74, 6) is 0.614. The van der Waals surface area contributed by atoms with Crippen LogP contribution in [0.2, 0.25) is 0 Å². The third-order valence-electron chi connectivity index (χ3n) is 5.96. The molecule has 0 aromatic rings. The molecule has 0 aromatic heterocycles. The second-order valence-corrected chi connectivity index (χ2v) is 9.89. The zero-order valence-corrected chi connectivity index (χ0v) is 15.2. The normalized spacial score (nSPS) is 28.2. The van der Waals surface area contributed by atoms with E-state index in [0.29, 0.717) is 24.4 Å². The van der Waals surface area contributed by atoms with Gasteiger partial charge in [0, 0.05) is 38.8 Å². The van der Waals surface area contributed by atoms with Gasteiger partial charge in [0.05, 0.1) is 5.75 Å². The predicted octanol–water partition coefficient (Wildman–Crippen LogP) is 1.17. The van der Waals surface area contributed by atoms with Crippen molar-refractivity contribution in [3.05, 3.63) is 0 Å². The number of nitrogens with one attached hydrogen (secondary N) is 1. The molecule has 24 heavy (non-hydrogen) atoms. The number of hydrogen-bond donors (Lipinski definition) is 2. The minimum absolute atomic E-state index is 0.105. The average molecular weight is 359 g/mol. The Hall–Kier alpha value is -0.860. The van der Waals surface area contributed by atoms with Crippen molar-refractivity contribution >= 4 is 16.1 Å². The number of sulfonamides is 1. The van der Waals surface area contributed by atoms with Crippen LogP contribution in [0.3, 0.4) is 0 Å². The highest BCUT2D eigenvalue weighted by Gasteiger charge is 2.46. The van der Waals surface area contributed by atoms with Gasteiger partial charge < -0.3 is 14.9 Å². The van der Waals surface area contributed by atoms with Gasteiger partial charge in [-0.05, 0) is 50.4 Å². The van der Waals surface area contributed by atoms with Crippen molar-refractivity contribution in [3.63, 3.8) is 0 Å². The molecular weight excluding hydrogens is 330 g/mol. The number of carbonyl (C=O) groups is 1. The van der Waals surface area contributed by atoms with Crippen LogP contribution in [0, 0.1) is 11.3 Å². The van der Waals surface area contributed by atoms with E-state index in [1.807, 2.05) is 0 Å². The second-order valence-electron chi connectivity index (χ2n) is 7.85. The monoisotopic (exact) mass is 359 g/mol. The van der Waals surface area contributed by atoms with E-state index in [9.17, 15) is 13.2 Å². The Kier molecular flexibility index (Phi) is 5.09. The molecule has 1 saturated carbocycles. The molecule has 3 rings (SSSR count). The fraction of sp³-hybridized carbons (Fsp3) is 0.938. The van der Waals surface area contributed by atoms with Gasteiger partial charge in [-0.3, -0.25) is 0 Å². The average Bonchev–Trinajstić information content (AvgIpc) is 2.96. The molecule has 1 atom stereocenters. The SMILES string of the molecule is CCS(=O)(=O)NC1CCC2(CC1)CN(CC1CCN(C(=O)O)C1)C2. The molecule has 7 nitrogen and oxygen atoms in total. The van der Waals surface area contributed by atoms with E-state index in [0.717, 1.165) is 51.7 Å². The van der Waals surface area contributed by atoms with Crippen LogP contribution in [0.1, 0.15) is 39.0 Å². The lowest BCUT2D eigenvalue weighted by Crippen LogP contribution is -2.59. The molecule has 2 heterocycles. The molecule has 8 heteroatoms. The molecule has 0 bridgehead atoms.